The molecular formula is C32H55NO26. The molecule has 5 aliphatic heterocycles. The van der Waals surface area contributed by atoms with Gasteiger partial charge in [0, 0.05) is 6.92 Å². The molecule has 5 saturated heterocycles. The molecule has 0 radical (unpaired) electrons. The third-order valence-corrected chi connectivity index (χ3v) is 10.7. The standard InChI is InChI=1S/C32H55NO26/c1-7(39)33-13-24(18(44)12(6-38)51-28(13)50)56-30-26(21(47)16(42)9(3-35)53-30)58-32-27(22(48)17(43)11(5-37)55-32)59-31-25(20(46)15(41)10(4-36)54-31)57-29-23(49)19(45)14(40)8(2-34)52-29/h8-32,34-38,40-50H,2-6H2,1H3,(H,33,39)/t8-,9-,10-,11-,12-,13-,14-,15-,16-,17-,18-,19+,20+,21+,22+,23+,24-,25+,26+,27+,28+,29-,30+,31-,32-/m1/s1. The molecule has 27 nitrogen and oxygen atoms in total. The topological polar surface area (TPSA) is 436 Å². The number of aliphatic hydroxyl groups is 16. The second-order valence-electron chi connectivity index (χ2n) is 14.7. The Labute approximate surface area is 333 Å². The first-order chi connectivity index (χ1) is 27.9. The summed E-state index contributed by atoms with van der Waals surface area (Å²) < 4.78 is 50.9. The molecule has 59 heavy (non-hydrogen) atoms. The Hall–Kier alpha value is -1.53. The predicted octanol–water partition coefficient (Wildman–Crippen LogP) is -11.8. The van der Waals surface area contributed by atoms with Gasteiger partial charge in [0.1, 0.15) is 122 Å². The maximum atomic E-state index is 12.0. The van der Waals surface area contributed by atoms with Crippen LogP contribution in [0.4, 0.5) is 0 Å². The minimum Gasteiger partial charge on any atom is -0.394 e. The Morgan fingerprint density at radius 2 is 0.712 bits per heavy atom. The summed E-state index contributed by atoms with van der Waals surface area (Å²) in [5, 5.41) is 171. The monoisotopic (exact) mass is 869 g/mol. The maximum absolute atomic E-state index is 12.0. The Bertz CT molecular complexity index is 1320. The van der Waals surface area contributed by atoms with Gasteiger partial charge in [0.25, 0.3) is 0 Å². The molecule has 5 fully saturated rings. The molecule has 5 heterocycles. The summed E-state index contributed by atoms with van der Waals surface area (Å²) in [6, 6.07) is -1.59. The summed E-state index contributed by atoms with van der Waals surface area (Å²) in [5.74, 6) is -0.750. The molecule has 5 rings (SSSR count). The lowest BCUT2D eigenvalue weighted by molar-refractivity contribution is -0.410. The van der Waals surface area contributed by atoms with Crippen LogP contribution in [0.25, 0.3) is 0 Å². The van der Waals surface area contributed by atoms with Crippen molar-refractivity contribution in [2.45, 2.75) is 160 Å². The highest BCUT2D eigenvalue weighted by molar-refractivity contribution is 5.73. The van der Waals surface area contributed by atoms with Crippen LogP contribution in [0.5, 0.6) is 0 Å². The molecule has 0 aromatic heterocycles. The Morgan fingerprint density at radius 1 is 0.407 bits per heavy atom. The van der Waals surface area contributed by atoms with E-state index < -0.39 is 192 Å². The molecule has 1 amide bonds. The second-order valence-corrected chi connectivity index (χ2v) is 14.7. The molecule has 0 spiro atoms. The number of carbonyl (C=O) groups excluding carboxylic acids is 1. The molecule has 0 aliphatic carbocycles. The van der Waals surface area contributed by atoms with Gasteiger partial charge in [0.15, 0.2) is 31.5 Å². The minimum absolute atomic E-state index is 0.750. The number of amides is 1. The van der Waals surface area contributed by atoms with E-state index in [0.717, 1.165) is 6.92 Å². The van der Waals surface area contributed by atoms with E-state index in [0.29, 0.717) is 0 Å². The number of hydrogen-bond acceptors (Lipinski definition) is 26. The van der Waals surface area contributed by atoms with Gasteiger partial charge in [-0.2, -0.15) is 0 Å². The van der Waals surface area contributed by atoms with Crippen LogP contribution in [0, 0.1) is 0 Å². The third kappa shape index (κ3) is 10.2. The van der Waals surface area contributed by atoms with Crippen molar-refractivity contribution in [1.29, 1.82) is 0 Å². The summed E-state index contributed by atoms with van der Waals surface area (Å²) in [5.41, 5.74) is 0. The van der Waals surface area contributed by atoms with Crippen LogP contribution in [0.1, 0.15) is 6.92 Å². The van der Waals surface area contributed by atoms with Gasteiger partial charge in [0.05, 0.1) is 33.0 Å². The van der Waals surface area contributed by atoms with Crippen LogP contribution in [-0.2, 0) is 47.4 Å². The van der Waals surface area contributed by atoms with Crippen molar-refractivity contribution < 1.29 is 129 Å². The normalized spacial score (nSPS) is 51.0. The van der Waals surface area contributed by atoms with E-state index in [2.05, 4.69) is 5.32 Å². The first-order valence-electron chi connectivity index (χ1n) is 18.6. The van der Waals surface area contributed by atoms with E-state index in [1.807, 2.05) is 0 Å². The van der Waals surface area contributed by atoms with Gasteiger partial charge in [0.2, 0.25) is 5.91 Å². The molecule has 17 N–H and O–H groups in total. The Morgan fingerprint density at radius 3 is 1.07 bits per heavy atom. The number of hydrogen-bond donors (Lipinski definition) is 17. The van der Waals surface area contributed by atoms with Crippen molar-refractivity contribution in [3.8, 4) is 0 Å². The van der Waals surface area contributed by atoms with Crippen molar-refractivity contribution in [3.63, 3.8) is 0 Å². The fourth-order valence-corrected chi connectivity index (χ4v) is 7.37. The summed E-state index contributed by atoms with van der Waals surface area (Å²) >= 11 is 0. The molecule has 0 saturated carbocycles. The highest BCUT2D eigenvalue weighted by Crippen LogP contribution is 2.36. The average Bonchev–Trinajstić information content (AvgIpc) is 3.21. The summed E-state index contributed by atoms with van der Waals surface area (Å²) in [7, 11) is 0. The Kier molecular flexibility index (Phi) is 17.1. The van der Waals surface area contributed by atoms with Gasteiger partial charge in [-0.3, -0.25) is 4.79 Å². The average molecular weight is 870 g/mol. The summed E-state index contributed by atoms with van der Waals surface area (Å²) in [6.45, 7) is -3.62. The maximum Gasteiger partial charge on any atom is 0.217 e. The third-order valence-electron chi connectivity index (χ3n) is 10.7. The van der Waals surface area contributed by atoms with Gasteiger partial charge in [-0.1, -0.05) is 0 Å². The fraction of sp³-hybridized carbons (Fsp3) is 0.969. The zero-order valence-corrected chi connectivity index (χ0v) is 31.2. The number of carbonyl (C=O) groups is 1. The first kappa shape index (κ1) is 48.5. The summed E-state index contributed by atoms with van der Waals surface area (Å²) in [4.78, 5) is 12.0. The Balaban J connectivity index is 1.48. The van der Waals surface area contributed by atoms with Gasteiger partial charge < -0.3 is 130 Å². The van der Waals surface area contributed by atoms with Gasteiger partial charge in [-0.25, -0.2) is 0 Å². The number of aliphatic hydroxyl groups excluding tert-OH is 16. The molecule has 5 aliphatic rings. The van der Waals surface area contributed by atoms with E-state index in [-0.39, 0.29) is 0 Å². The number of rotatable bonds is 14. The van der Waals surface area contributed by atoms with E-state index in [9.17, 15) is 86.5 Å². The van der Waals surface area contributed by atoms with Crippen LogP contribution < -0.4 is 5.32 Å². The lowest BCUT2D eigenvalue weighted by atomic mass is 9.95. The zero-order valence-electron chi connectivity index (χ0n) is 31.2. The predicted molar refractivity (Wildman–Crippen MR) is 178 cm³/mol. The van der Waals surface area contributed by atoms with E-state index in [1.54, 1.807) is 0 Å². The zero-order chi connectivity index (χ0) is 43.6. The quantitative estimate of drug-likeness (QED) is 0.0770. The summed E-state index contributed by atoms with van der Waals surface area (Å²) in [6.07, 6.45) is -46.1. The SMILES string of the molecule is CC(=O)N[C@@H]1[C@@H](O[C@@H]2O[C@H](CO)[C@@H](O)[C@H](O)[C@@H]2O[C@H]2O[C@H](CO)[C@@H](O)[C@H](O)[C@@H]2O[C@H]2O[C@H](CO)[C@@H](O)[C@H](O)[C@@H]2O[C@H]2O[C@H](CO)[C@@H](O)[C@H](O)[C@@H]2O)[C@H](O)[C@@H](CO)O[C@@H]1O. The van der Waals surface area contributed by atoms with Crippen LogP contribution in [0.15, 0.2) is 0 Å². The van der Waals surface area contributed by atoms with Crippen LogP contribution in [-0.4, -0.2) is 274 Å². The van der Waals surface area contributed by atoms with Gasteiger partial charge in [-0.15, -0.1) is 0 Å². The molecular weight excluding hydrogens is 814 g/mol. The molecule has 0 unspecified atom stereocenters. The van der Waals surface area contributed by atoms with E-state index >= 15 is 0 Å². The first-order valence-corrected chi connectivity index (χ1v) is 18.6. The lowest BCUT2D eigenvalue weighted by Crippen LogP contribution is -2.69. The van der Waals surface area contributed by atoms with Crippen LogP contribution in [0.3, 0.4) is 0 Å². The van der Waals surface area contributed by atoms with Crippen molar-refractivity contribution in [3.05, 3.63) is 0 Å². The molecule has 344 valence electrons. The van der Waals surface area contributed by atoms with Crippen LogP contribution in [0.2, 0.25) is 0 Å². The highest BCUT2D eigenvalue weighted by Gasteiger charge is 2.57. The lowest BCUT2D eigenvalue weighted by Gasteiger charge is -2.50. The van der Waals surface area contributed by atoms with E-state index in [1.165, 1.54) is 0 Å². The highest BCUT2D eigenvalue weighted by atomic mass is 16.8. The second kappa shape index (κ2) is 20.8. The van der Waals surface area contributed by atoms with Crippen molar-refractivity contribution in [2.24, 2.45) is 0 Å². The van der Waals surface area contributed by atoms with Gasteiger partial charge in [-0.05, 0) is 0 Å². The number of nitrogens with one attached hydrogen (secondary N) is 1. The molecule has 25 atom stereocenters. The minimum atomic E-state index is -2.17. The molecule has 27 heteroatoms. The molecule has 0 aromatic carbocycles. The smallest absolute Gasteiger partial charge is 0.217 e. The molecule has 0 aromatic rings. The van der Waals surface area contributed by atoms with Crippen molar-refractivity contribution >= 4 is 5.91 Å². The van der Waals surface area contributed by atoms with Crippen LogP contribution >= 0.6 is 0 Å². The molecule has 0 bridgehead atoms. The van der Waals surface area contributed by atoms with Crippen molar-refractivity contribution in [2.75, 3.05) is 33.0 Å². The number of ether oxygens (including phenoxy) is 9. The van der Waals surface area contributed by atoms with E-state index in [4.69, 9.17) is 42.6 Å². The van der Waals surface area contributed by atoms with Gasteiger partial charge >= 0.3 is 0 Å². The fourth-order valence-electron chi connectivity index (χ4n) is 7.37. The largest absolute Gasteiger partial charge is 0.394 e. The van der Waals surface area contributed by atoms with Crippen molar-refractivity contribution in [1.82, 2.24) is 5.32 Å².